The molecule has 0 spiro atoms. The van der Waals surface area contributed by atoms with Crippen LogP contribution in [0.25, 0.3) is 0 Å². The molecule has 7 nitrogen and oxygen atoms in total. The van der Waals surface area contributed by atoms with Gasteiger partial charge >= 0.3 is 0 Å². The van der Waals surface area contributed by atoms with Gasteiger partial charge in [0.1, 0.15) is 5.82 Å². The molecule has 4 rings (SSSR count). The van der Waals surface area contributed by atoms with Gasteiger partial charge in [0, 0.05) is 37.4 Å². The minimum atomic E-state index is 0.340. The summed E-state index contributed by atoms with van der Waals surface area (Å²) in [6.07, 6.45) is 1.00. The summed E-state index contributed by atoms with van der Waals surface area (Å²) in [5, 5.41) is 4.57. The molecule has 0 radical (unpaired) electrons. The number of hydrogen-bond donors (Lipinski definition) is 1. The van der Waals surface area contributed by atoms with E-state index in [1.165, 1.54) is 5.69 Å². The Morgan fingerprint density at radius 1 is 1.22 bits per heavy atom. The fraction of sp³-hybridized carbons (Fsp3) is 0.562. The number of hydrogen-bond acceptors (Lipinski definition) is 6. The van der Waals surface area contributed by atoms with Gasteiger partial charge in [-0.05, 0) is 26.3 Å². The molecule has 122 valence electrons. The van der Waals surface area contributed by atoms with Crippen LogP contribution in [0.1, 0.15) is 35.5 Å². The molecule has 2 aliphatic rings. The van der Waals surface area contributed by atoms with Gasteiger partial charge in [-0.2, -0.15) is 10.1 Å². The summed E-state index contributed by atoms with van der Waals surface area (Å²) in [4.78, 5) is 11.0. The normalized spacial score (nSPS) is 21.7. The standard InChI is InChI=1S/C16H22N6O/c1-10-5-11(2)22(20-10)13-7-21(8-13)15-6-14(18-16(17)19-15)12-3-4-23-9-12/h5-6,12-13H,3-4,7-9H2,1-2H3,(H2,17,18,19)/t12-/m1/s1. The number of anilines is 2. The predicted molar refractivity (Wildman–Crippen MR) is 87.6 cm³/mol. The van der Waals surface area contributed by atoms with Crippen molar-refractivity contribution in [1.29, 1.82) is 0 Å². The summed E-state index contributed by atoms with van der Waals surface area (Å²) >= 11 is 0. The van der Waals surface area contributed by atoms with Crippen LogP contribution in [0.2, 0.25) is 0 Å². The summed E-state index contributed by atoms with van der Waals surface area (Å²) in [7, 11) is 0. The van der Waals surface area contributed by atoms with Crippen LogP contribution >= 0.6 is 0 Å². The molecule has 0 bridgehead atoms. The third-order valence-corrected chi connectivity index (χ3v) is 4.67. The maximum atomic E-state index is 5.91. The largest absolute Gasteiger partial charge is 0.381 e. The second-order valence-electron chi connectivity index (χ2n) is 6.50. The van der Waals surface area contributed by atoms with Crippen molar-refractivity contribution >= 4 is 11.8 Å². The maximum Gasteiger partial charge on any atom is 0.222 e. The average molecular weight is 314 g/mol. The van der Waals surface area contributed by atoms with Gasteiger partial charge in [0.2, 0.25) is 5.95 Å². The Hall–Kier alpha value is -2.15. The topological polar surface area (TPSA) is 82.1 Å². The van der Waals surface area contributed by atoms with Crippen molar-refractivity contribution in [2.75, 3.05) is 36.9 Å². The second-order valence-corrected chi connectivity index (χ2v) is 6.50. The van der Waals surface area contributed by atoms with Crippen molar-refractivity contribution in [3.63, 3.8) is 0 Å². The summed E-state index contributed by atoms with van der Waals surface area (Å²) < 4.78 is 7.57. The van der Waals surface area contributed by atoms with Crippen molar-refractivity contribution in [3.05, 3.63) is 29.2 Å². The third kappa shape index (κ3) is 2.65. The lowest BCUT2D eigenvalue weighted by Gasteiger charge is -2.40. The van der Waals surface area contributed by atoms with Crippen molar-refractivity contribution in [1.82, 2.24) is 19.7 Å². The molecule has 2 fully saturated rings. The van der Waals surface area contributed by atoms with E-state index in [1.54, 1.807) is 0 Å². The zero-order chi connectivity index (χ0) is 16.0. The zero-order valence-electron chi connectivity index (χ0n) is 13.6. The van der Waals surface area contributed by atoms with Crippen LogP contribution in [0.5, 0.6) is 0 Å². The number of nitrogen functional groups attached to an aromatic ring is 1. The molecule has 0 amide bonds. The molecule has 0 unspecified atom stereocenters. The van der Waals surface area contributed by atoms with Crippen molar-refractivity contribution in [2.24, 2.45) is 0 Å². The highest BCUT2D eigenvalue weighted by Crippen LogP contribution is 2.31. The van der Waals surface area contributed by atoms with E-state index in [-0.39, 0.29) is 0 Å². The van der Waals surface area contributed by atoms with Crippen LogP contribution in [0, 0.1) is 13.8 Å². The first-order valence-corrected chi connectivity index (χ1v) is 8.10. The van der Waals surface area contributed by atoms with Crippen molar-refractivity contribution in [3.8, 4) is 0 Å². The number of ether oxygens (including phenoxy) is 1. The van der Waals surface area contributed by atoms with Crippen molar-refractivity contribution in [2.45, 2.75) is 32.2 Å². The molecule has 7 heteroatoms. The SMILES string of the molecule is Cc1cc(C)n(C2CN(c3cc([C@@H]4CCOC4)nc(N)n3)C2)n1. The van der Waals surface area contributed by atoms with E-state index in [1.807, 2.05) is 6.92 Å². The molecule has 23 heavy (non-hydrogen) atoms. The molecule has 1 atom stereocenters. The Morgan fingerprint density at radius 3 is 2.70 bits per heavy atom. The van der Waals surface area contributed by atoms with Gasteiger partial charge in [0.15, 0.2) is 0 Å². The number of aromatic nitrogens is 4. The van der Waals surface area contributed by atoms with Crippen LogP contribution in [0.4, 0.5) is 11.8 Å². The summed E-state index contributed by atoms with van der Waals surface area (Å²) in [5.41, 5.74) is 9.18. The molecule has 2 aliphatic heterocycles. The number of nitrogens with zero attached hydrogens (tertiary/aromatic N) is 5. The molecule has 2 N–H and O–H groups in total. The Balaban J connectivity index is 1.50. The predicted octanol–water partition coefficient (Wildman–Crippen LogP) is 1.44. The maximum absolute atomic E-state index is 5.91. The van der Waals surface area contributed by atoms with E-state index in [2.05, 4.69) is 43.7 Å². The molecule has 2 aromatic heterocycles. The Labute approximate surface area is 135 Å². The first-order valence-electron chi connectivity index (χ1n) is 8.10. The Kier molecular flexibility index (Phi) is 3.45. The highest BCUT2D eigenvalue weighted by Gasteiger charge is 2.32. The molecule has 0 saturated carbocycles. The van der Waals surface area contributed by atoms with E-state index in [0.717, 1.165) is 49.9 Å². The average Bonchev–Trinajstić information content (AvgIpc) is 3.07. The first-order chi connectivity index (χ1) is 11.1. The van der Waals surface area contributed by atoms with Crippen molar-refractivity contribution < 1.29 is 4.74 Å². The van der Waals surface area contributed by atoms with Crippen LogP contribution < -0.4 is 10.6 Å². The third-order valence-electron chi connectivity index (χ3n) is 4.67. The fourth-order valence-electron chi connectivity index (χ4n) is 3.42. The molecule has 0 aliphatic carbocycles. The van der Waals surface area contributed by atoms with Gasteiger partial charge < -0.3 is 15.4 Å². The van der Waals surface area contributed by atoms with Gasteiger partial charge in [0.25, 0.3) is 0 Å². The molecule has 2 saturated heterocycles. The van der Waals surface area contributed by atoms with Crippen LogP contribution in [0.15, 0.2) is 12.1 Å². The first kappa shape index (κ1) is 14.4. The lowest BCUT2D eigenvalue weighted by atomic mass is 10.0. The molecule has 4 heterocycles. The van der Waals surface area contributed by atoms with E-state index < -0.39 is 0 Å². The molecular weight excluding hydrogens is 292 g/mol. The van der Waals surface area contributed by atoms with Crippen LogP contribution in [0.3, 0.4) is 0 Å². The smallest absolute Gasteiger partial charge is 0.222 e. The van der Waals surface area contributed by atoms with E-state index in [0.29, 0.717) is 17.9 Å². The van der Waals surface area contributed by atoms with E-state index in [4.69, 9.17) is 10.5 Å². The van der Waals surface area contributed by atoms with Gasteiger partial charge in [-0.15, -0.1) is 0 Å². The Morgan fingerprint density at radius 2 is 2.04 bits per heavy atom. The minimum Gasteiger partial charge on any atom is -0.381 e. The van der Waals surface area contributed by atoms with E-state index >= 15 is 0 Å². The molecule has 2 aromatic rings. The lowest BCUT2D eigenvalue weighted by molar-refractivity contribution is 0.193. The van der Waals surface area contributed by atoms with E-state index in [9.17, 15) is 0 Å². The monoisotopic (exact) mass is 314 g/mol. The summed E-state index contributed by atoms with van der Waals surface area (Å²) in [6, 6.07) is 4.58. The van der Waals surface area contributed by atoms with Gasteiger partial charge in [0.05, 0.1) is 24.0 Å². The number of aryl methyl sites for hydroxylation is 2. The quantitative estimate of drug-likeness (QED) is 0.923. The van der Waals surface area contributed by atoms with Gasteiger partial charge in [-0.3, -0.25) is 4.68 Å². The highest BCUT2D eigenvalue weighted by molar-refractivity contribution is 5.47. The Bertz CT molecular complexity index is 715. The molecular formula is C16H22N6O. The lowest BCUT2D eigenvalue weighted by Crippen LogP contribution is -2.49. The minimum absolute atomic E-state index is 0.340. The van der Waals surface area contributed by atoms with Gasteiger partial charge in [-0.25, -0.2) is 4.98 Å². The fourth-order valence-corrected chi connectivity index (χ4v) is 3.42. The summed E-state index contributed by atoms with van der Waals surface area (Å²) in [5.74, 6) is 1.60. The number of rotatable bonds is 3. The van der Waals surface area contributed by atoms with Crippen LogP contribution in [-0.2, 0) is 4.74 Å². The van der Waals surface area contributed by atoms with Crippen LogP contribution in [-0.4, -0.2) is 46.1 Å². The number of nitrogens with two attached hydrogens (primary N) is 1. The second kappa shape index (κ2) is 5.49. The van der Waals surface area contributed by atoms with Gasteiger partial charge in [-0.1, -0.05) is 0 Å². The summed E-state index contributed by atoms with van der Waals surface area (Å²) in [6.45, 7) is 7.46. The highest BCUT2D eigenvalue weighted by atomic mass is 16.5. The zero-order valence-corrected chi connectivity index (χ0v) is 13.6. The molecule has 0 aromatic carbocycles.